The number of benzene rings is 1. The van der Waals surface area contributed by atoms with E-state index < -0.39 is 0 Å². The van der Waals surface area contributed by atoms with Gasteiger partial charge in [-0.3, -0.25) is 9.48 Å². The van der Waals surface area contributed by atoms with Gasteiger partial charge in [-0.2, -0.15) is 5.10 Å². The second-order valence-electron chi connectivity index (χ2n) is 4.49. The highest BCUT2D eigenvalue weighted by Gasteiger charge is 2.06. The molecule has 1 aromatic carbocycles. The molecule has 5 nitrogen and oxygen atoms in total. The van der Waals surface area contributed by atoms with Gasteiger partial charge in [-0.1, -0.05) is 17.9 Å². The molecule has 0 aliphatic heterocycles. The quantitative estimate of drug-likeness (QED) is 0.813. The second kappa shape index (κ2) is 7.27. The van der Waals surface area contributed by atoms with E-state index in [9.17, 15) is 4.79 Å². The summed E-state index contributed by atoms with van der Waals surface area (Å²) < 4.78 is 1.79. The van der Waals surface area contributed by atoms with Gasteiger partial charge < -0.3 is 10.4 Å². The van der Waals surface area contributed by atoms with Crippen LogP contribution in [-0.4, -0.2) is 33.9 Å². The standard InChI is InChI=1S/C16H17N3O2/c1-19-15(8-10-18-19)7-9-17-16(21)14-6-2-4-13(12-14)5-3-11-20/h2,4,6,8,10,12,20H,7,9,11H2,1H3,(H,17,21). The third kappa shape index (κ3) is 4.20. The molecule has 2 rings (SSSR count). The maximum atomic E-state index is 12.1. The Morgan fingerprint density at radius 3 is 3.00 bits per heavy atom. The maximum absolute atomic E-state index is 12.1. The van der Waals surface area contributed by atoms with Crippen molar-refractivity contribution in [2.24, 2.45) is 7.05 Å². The van der Waals surface area contributed by atoms with Crippen molar-refractivity contribution in [3.63, 3.8) is 0 Å². The summed E-state index contributed by atoms with van der Waals surface area (Å²) in [5, 5.41) is 15.6. The van der Waals surface area contributed by atoms with E-state index in [-0.39, 0.29) is 12.5 Å². The van der Waals surface area contributed by atoms with Crippen molar-refractivity contribution in [3.05, 3.63) is 53.3 Å². The molecule has 0 bridgehead atoms. The topological polar surface area (TPSA) is 67.2 Å². The van der Waals surface area contributed by atoms with Gasteiger partial charge in [-0.15, -0.1) is 0 Å². The van der Waals surface area contributed by atoms with E-state index >= 15 is 0 Å². The van der Waals surface area contributed by atoms with Crippen molar-refractivity contribution in [2.75, 3.05) is 13.2 Å². The first kappa shape index (κ1) is 14.8. The third-order valence-electron chi connectivity index (χ3n) is 3.03. The lowest BCUT2D eigenvalue weighted by Crippen LogP contribution is -2.26. The molecule has 5 heteroatoms. The van der Waals surface area contributed by atoms with E-state index in [2.05, 4.69) is 22.3 Å². The highest BCUT2D eigenvalue weighted by Crippen LogP contribution is 2.04. The van der Waals surface area contributed by atoms with Crippen LogP contribution >= 0.6 is 0 Å². The van der Waals surface area contributed by atoms with Gasteiger partial charge in [-0.05, 0) is 24.3 Å². The highest BCUT2D eigenvalue weighted by molar-refractivity contribution is 5.94. The van der Waals surface area contributed by atoms with Gasteiger partial charge in [0.25, 0.3) is 5.91 Å². The molecule has 2 N–H and O–H groups in total. The lowest BCUT2D eigenvalue weighted by molar-refractivity contribution is 0.0954. The van der Waals surface area contributed by atoms with Crippen molar-refractivity contribution in [1.29, 1.82) is 0 Å². The van der Waals surface area contributed by atoms with Gasteiger partial charge in [0.15, 0.2) is 0 Å². The summed E-state index contributed by atoms with van der Waals surface area (Å²) in [5.41, 5.74) is 2.34. The molecule has 108 valence electrons. The number of aromatic nitrogens is 2. The van der Waals surface area contributed by atoms with E-state index in [0.29, 0.717) is 17.7 Å². The van der Waals surface area contributed by atoms with Crippen LogP contribution < -0.4 is 5.32 Å². The number of nitrogens with one attached hydrogen (secondary N) is 1. The molecule has 0 saturated heterocycles. The normalized spacial score (nSPS) is 9.81. The number of carbonyl (C=O) groups is 1. The number of carbonyl (C=O) groups excluding carboxylic acids is 1. The Hall–Kier alpha value is -2.58. The summed E-state index contributed by atoms with van der Waals surface area (Å²) in [6, 6.07) is 8.95. The minimum absolute atomic E-state index is 0.134. The maximum Gasteiger partial charge on any atom is 0.251 e. The molecular formula is C16H17N3O2. The Balaban J connectivity index is 1.92. The molecule has 0 spiro atoms. The molecule has 21 heavy (non-hydrogen) atoms. The summed E-state index contributed by atoms with van der Waals surface area (Å²) in [6.45, 7) is 0.353. The molecule has 0 fully saturated rings. The van der Waals surface area contributed by atoms with Crippen molar-refractivity contribution in [2.45, 2.75) is 6.42 Å². The molecule has 0 aliphatic rings. The van der Waals surface area contributed by atoms with Gasteiger partial charge >= 0.3 is 0 Å². The summed E-state index contributed by atoms with van der Waals surface area (Å²) in [6.07, 6.45) is 2.46. The molecule has 0 aliphatic carbocycles. The summed E-state index contributed by atoms with van der Waals surface area (Å²) in [7, 11) is 1.88. The van der Waals surface area contributed by atoms with Crippen LogP contribution in [0.25, 0.3) is 0 Å². The first-order chi connectivity index (χ1) is 10.2. The number of hydrogen-bond acceptors (Lipinski definition) is 3. The minimum atomic E-state index is -0.193. The van der Waals surface area contributed by atoms with E-state index in [0.717, 1.165) is 12.1 Å². The molecule has 0 unspecified atom stereocenters. The van der Waals surface area contributed by atoms with E-state index in [4.69, 9.17) is 5.11 Å². The molecular weight excluding hydrogens is 266 g/mol. The molecule has 0 radical (unpaired) electrons. The zero-order valence-corrected chi connectivity index (χ0v) is 11.8. The molecule has 0 atom stereocenters. The van der Waals surface area contributed by atoms with Gasteiger partial charge in [0.2, 0.25) is 0 Å². The van der Waals surface area contributed by atoms with Crippen LogP contribution in [0.1, 0.15) is 21.6 Å². The van der Waals surface area contributed by atoms with Gasteiger partial charge in [0.1, 0.15) is 6.61 Å². The Bertz CT molecular complexity index is 680. The molecule has 1 heterocycles. The van der Waals surface area contributed by atoms with Crippen molar-refractivity contribution < 1.29 is 9.90 Å². The van der Waals surface area contributed by atoms with E-state index in [1.165, 1.54) is 0 Å². The fraction of sp³-hybridized carbons (Fsp3) is 0.250. The van der Waals surface area contributed by atoms with Gasteiger partial charge in [-0.25, -0.2) is 0 Å². The zero-order chi connectivity index (χ0) is 15.1. The summed E-state index contributed by atoms with van der Waals surface area (Å²) in [4.78, 5) is 12.1. The summed E-state index contributed by atoms with van der Waals surface area (Å²) >= 11 is 0. The Morgan fingerprint density at radius 1 is 1.43 bits per heavy atom. The van der Waals surface area contributed by atoms with Crippen LogP contribution in [0.4, 0.5) is 0 Å². The highest BCUT2D eigenvalue weighted by atomic mass is 16.2. The zero-order valence-electron chi connectivity index (χ0n) is 11.8. The molecule has 1 aromatic heterocycles. The fourth-order valence-corrected chi connectivity index (χ4v) is 1.93. The van der Waals surface area contributed by atoms with Crippen LogP contribution in [0.2, 0.25) is 0 Å². The third-order valence-corrected chi connectivity index (χ3v) is 3.03. The van der Waals surface area contributed by atoms with E-state index in [1.807, 2.05) is 13.1 Å². The molecule has 1 amide bonds. The van der Waals surface area contributed by atoms with E-state index in [1.54, 1.807) is 35.1 Å². The predicted octanol–water partition coefficient (Wildman–Crippen LogP) is 0.736. The number of rotatable bonds is 4. The number of aliphatic hydroxyl groups is 1. The molecule has 2 aromatic rings. The Kier molecular flexibility index (Phi) is 5.13. The number of aliphatic hydroxyl groups excluding tert-OH is 1. The summed E-state index contributed by atoms with van der Waals surface area (Å²) in [5.74, 6) is 5.21. The van der Waals surface area contributed by atoms with Gasteiger partial charge in [0.05, 0.1) is 0 Å². The van der Waals surface area contributed by atoms with Crippen LogP contribution in [0.15, 0.2) is 36.5 Å². The van der Waals surface area contributed by atoms with Crippen LogP contribution in [0.5, 0.6) is 0 Å². The predicted molar refractivity (Wildman–Crippen MR) is 79.7 cm³/mol. The lowest BCUT2D eigenvalue weighted by atomic mass is 10.1. The number of aryl methyl sites for hydroxylation is 1. The van der Waals surface area contributed by atoms with Crippen LogP contribution in [0.3, 0.4) is 0 Å². The van der Waals surface area contributed by atoms with Gasteiger partial charge in [0, 0.05) is 43.0 Å². The van der Waals surface area contributed by atoms with Crippen LogP contribution in [0, 0.1) is 11.8 Å². The molecule has 0 saturated carbocycles. The van der Waals surface area contributed by atoms with Crippen molar-refractivity contribution in [1.82, 2.24) is 15.1 Å². The SMILES string of the molecule is Cn1nccc1CCNC(=O)c1cccc(C#CCO)c1. The van der Waals surface area contributed by atoms with Crippen molar-refractivity contribution >= 4 is 5.91 Å². The smallest absolute Gasteiger partial charge is 0.251 e. The number of nitrogens with zero attached hydrogens (tertiary/aromatic N) is 2. The Labute approximate surface area is 123 Å². The van der Waals surface area contributed by atoms with Crippen LogP contribution in [-0.2, 0) is 13.5 Å². The monoisotopic (exact) mass is 283 g/mol. The largest absolute Gasteiger partial charge is 0.384 e. The number of hydrogen-bond donors (Lipinski definition) is 2. The number of amides is 1. The average molecular weight is 283 g/mol. The average Bonchev–Trinajstić information content (AvgIpc) is 2.91. The first-order valence-electron chi connectivity index (χ1n) is 6.65. The first-order valence-corrected chi connectivity index (χ1v) is 6.65. The van der Waals surface area contributed by atoms with Crippen molar-refractivity contribution in [3.8, 4) is 11.8 Å². The second-order valence-corrected chi connectivity index (χ2v) is 4.49. The fourth-order valence-electron chi connectivity index (χ4n) is 1.93. The lowest BCUT2D eigenvalue weighted by Gasteiger charge is -2.06. The minimum Gasteiger partial charge on any atom is -0.384 e. The Morgan fingerprint density at radius 2 is 2.29 bits per heavy atom.